The van der Waals surface area contributed by atoms with Crippen molar-refractivity contribution in [3.8, 4) is 0 Å². The zero-order chi connectivity index (χ0) is 23.5. The first kappa shape index (κ1) is 25.3. The van der Waals surface area contributed by atoms with Gasteiger partial charge in [0.05, 0.1) is 29.2 Å². The van der Waals surface area contributed by atoms with Crippen LogP contribution >= 0.6 is 11.8 Å². The topological polar surface area (TPSA) is 98.7 Å². The maximum absolute atomic E-state index is 13.9. The molecule has 32 heavy (non-hydrogen) atoms. The number of nitrogens with zero attached hydrogens (tertiary/aromatic N) is 1. The summed E-state index contributed by atoms with van der Waals surface area (Å²) in [5, 5.41) is 16.4. The van der Waals surface area contributed by atoms with E-state index in [-0.39, 0.29) is 35.5 Å². The van der Waals surface area contributed by atoms with Gasteiger partial charge < -0.3 is 20.6 Å². The highest BCUT2D eigenvalue weighted by Gasteiger charge is 2.74. The lowest BCUT2D eigenvalue weighted by atomic mass is 9.70. The molecule has 0 aromatic carbocycles. The number of hydrogen-bond donors (Lipinski definition) is 3. The lowest BCUT2D eigenvalue weighted by molar-refractivity contribution is -0.143. The number of fused-ring (bicyclic) bond motifs is 1. The first-order valence-electron chi connectivity index (χ1n) is 12.5. The van der Waals surface area contributed by atoms with Crippen LogP contribution < -0.4 is 10.6 Å². The summed E-state index contributed by atoms with van der Waals surface area (Å²) in [4.78, 5) is 42.2. The maximum Gasteiger partial charge on any atom is 0.244 e. The molecule has 0 aromatic heterocycles. The summed E-state index contributed by atoms with van der Waals surface area (Å²) in [5.41, 5.74) is 0. The standard InChI is InChI=1S/C24H41N3O4S/c1-5-7-8-12-26-22(30)20-24-10-9-17(32-24)18(21(29)25-11-6-2)19(24)23(31)27(20)16(14-28)13-15(3)4/h15-20,28H,5-14H2,1-4H3,(H,25,29)(H,26,30)/t16-,17+,18-,19+,20?,24?/m1/s1. The van der Waals surface area contributed by atoms with Crippen LogP contribution in [0.2, 0.25) is 0 Å². The Morgan fingerprint density at radius 2 is 1.88 bits per heavy atom. The fraction of sp³-hybridized carbons (Fsp3) is 0.875. The van der Waals surface area contributed by atoms with Gasteiger partial charge in [0.1, 0.15) is 6.04 Å². The molecular weight excluding hydrogens is 426 g/mol. The fourth-order valence-corrected chi connectivity index (χ4v) is 8.16. The van der Waals surface area contributed by atoms with Gasteiger partial charge in [-0.3, -0.25) is 14.4 Å². The minimum Gasteiger partial charge on any atom is -0.394 e. The van der Waals surface area contributed by atoms with Gasteiger partial charge in [0.25, 0.3) is 0 Å². The fourth-order valence-electron chi connectivity index (χ4n) is 5.95. The monoisotopic (exact) mass is 467 g/mol. The summed E-state index contributed by atoms with van der Waals surface area (Å²) in [5.74, 6) is -0.912. The predicted molar refractivity (Wildman–Crippen MR) is 127 cm³/mol. The molecule has 0 aliphatic carbocycles. The van der Waals surface area contributed by atoms with Gasteiger partial charge in [0, 0.05) is 18.3 Å². The first-order valence-corrected chi connectivity index (χ1v) is 13.4. The molecule has 2 bridgehead atoms. The quantitative estimate of drug-likeness (QED) is 0.383. The lowest BCUT2D eigenvalue weighted by Crippen LogP contribution is -2.56. The summed E-state index contributed by atoms with van der Waals surface area (Å²) >= 11 is 1.69. The molecule has 6 atom stereocenters. The summed E-state index contributed by atoms with van der Waals surface area (Å²) in [6, 6.07) is -1.04. The van der Waals surface area contributed by atoms with Gasteiger partial charge in [-0.1, -0.05) is 40.5 Å². The van der Waals surface area contributed by atoms with E-state index in [2.05, 4.69) is 31.4 Å². The summed E-state index contributed by atoms with van der Waals surface area (Å²) in [6.45, 7) is 9.27. The third-order valence-corrected chi connectivity index (χ3v) is 9.22. The molecule has 7 nitrogen and oxygen atoms in total. The Kier molecular flexibility index (Phi) is 8.53. The van der Waals surface area contributed by atoms with Crippen molar-refractivity contribution in [1.29, 1.82) is 0 Å². The molecule has 0 saturated carbocycles. The van der Waals surface area contributed by atoms with E-state index in [0.717, 1.165) is 38.5 Å². The Balaban J connectivity index is 1.93. The van der Waals surface area contributed by atoms with E-state index in [1.807, 2.05) is 6.92 Å². The van der Waals surface area contributed by atoms with E-state index in [0.29, 0.717) is 19.5 Å². The van der Waals surface area contributed by atoms with Gasteiger partial charge in [0.15, 0.2) is 0 Å². The molecular formula is C24H41N3O4S. The Labute approximate surface area is 196 Å². The number of hydrogen-bond acceptors (Lipinski definition) is 5. The SMILES string of the molecule is CCCCCNC(=O)C1N([C@@H](CO)CC(C)C)C(=O)[C@@H]2[C@H](C(=O)NCCC)[C@@H]3CCC12S3. The summed E-state index contributed by atoms with van der Waals surface area (Å²) < 4.78 is -0.574. The zero-order valence-corrected chi connectivity index (χ0v) is 20.9. The number of amides is 3. The molecule has 3 heterocycles. The van der Waals surface area contributed by atoms with Crippen molar-refractivity contribution in [3.05, 3.63) is 0 Å². The van der Waals surface area contributed by atoms with Gasteiger partial charge in [-0.05, 0) is 38.0 Å². The Hall–Kier alpha value is -1.28. The van der Waals surface area contributed by atoms with E-state index in [1.165, 1.54) is 0 Å². The second-order valence-corrected chi connectivity index (χ2v) is 11.7. The molecule has 1 spiro atoms. The predicted octanol–water partition coefficient (Wildman–Crippen LogP) is 2.32. The van der Waals surface area contributed by atoms with Crippen LogP contribution in [0.1, 0.15) is 72.6 Å². The van der Waals surface area contributed by atoms with Crippen molar-refractivity contribution >= 4 is 29.5 Å². The van der Waals surface area contributed by atoms with Crippen LogP contribution in [0.25, 0.3) is 0 Å². The number of aliphatic hydroxyl groups is 1. The summed E-state index contributed by atoms with van der Waals surface area (Å²) in [7, 11) is 0. The largest absolute Gasteiger partial charge is 0.394 e. The molecule has 3 saturated heterocycles. The van der Waals surface area contributed by atoms with Gasteiger partial charge in [-0.25, -0.2) is 0 Å². The zero-order valence-electron chi connectivity index (χ0n) is 20.1. The molecule has 3 amide bonds. The van der Waals surface area contributed by atoms with Crippen molar-refractivity contribution in [2.45, 2.75) is 94.7 Å². The number of carbonyl (C=O) groups excluding carboxylic acids is 3. The van der Waals surface area contributed by atoms with Gasteiger partial charge in [-0.2, -0.15) is 0 Å². The van der Waals surface area contributed by atoms with Crippen molar-refractivity contribution in [1.82, 2.24) is 15.5 Å². The molecule has 3 fully saturated rings. The number of thioether (sulfide) groups is 1. The average Bonchev–Trinajstić information content (AvgIpc) is 3.40. The number of rotatable bonds is 12. The normalized spacial score (nSPS) is 31.8. The van der Waals surface area contributed by atoms with E-state index in [4.69, 9.17) is 0 Å². The Bertz CT molecular complexity index is 703. The highest BCUT2D eigenvalue weighted by molar-refractivity contribution is 8.02. The Morgan fingerprint density at radius 3 is 2.50 bits per heavy atom. The van der Waals surface area contributed by atoms with Crippen LogP contribution in [-0.4, -0.2) is 69.5 Å². The van der Waals surface area contributed by atoms with E-state index >= 15 is 0 Å². The minimum atomic E-state index is -0.628. The smallest absolute Gasteiger partial charge is 0.244 e. The molecule has 3 aliphatic heterocycles. The van der Waals surface area contributed by atoms with Crippen LogP contribution in [-0.2, 0) is 14.4 Å². The number of carbonyl (C=O) groups is 3. The van der Waals surface area contributed by atoms with Crippen LogP contribution in [0.5, 0.6) is 0 Å². The van der Waals surface area contributed by atoms with Crippen molar-refractivity contribution in [2.75, 3.05) is 19.7 Å². The van der Waals surface area contributed by atoms with Crippen LogP contribution in [0.15, 0.2) is 0 Å². The van der Waals surface area contributed by atoms with Gasteiger partial charge in [-0.15, -0.1) is 11.8 Å². The lowest BCUT2D eigenvalue weighted by Gasteiger charge is -2.37. The van der Waals surface area contributed by atoms with E-state index < -0.39 is 28.7 Å². The second-order valence-electron chi connectivity index (χ2n) is 10.1. The third-order valence-electron chi connectivity index (χ3n) is 7.27. The minimum absolute atomic E-state index is 0.0577. The number of unbranched alkanes of at least 4 members (excludes halogenated alkanes) is 2. The highest BCUT2D eigenvalue weighted by atomic mass is 32.2. The molecule has 2 unspecified atom stereocenters. The molecule has 0 aromatic rings. The molecule has 0 radical (unpaired) electrons. The van der Waals surface area contributed by atoms with Crippen LogP contribution in [0, 0.1) is 17.8 Å². The van der Waals surface area contributed by atoms with Crippen LogP contribution in [0.3, 0.4) is 0 Å². The van der Waals surface area contributed by atoms with Gasteiger partial charge in [0.2, 0.25) is 17.7 Å². The average molecular weight is 468 g/mol. The highest BCUT2D eigenvalue weighted by Crippen LogP contribution is 2.66. The van der Waals surface area contributed by atoms with Crippen molar-refractivity contribution < 1.29 is 19.5 Å². The van der Waals surface area contributed by atoms with Crippen molar-refractivity contribution in [3.63, 3.8) is 0 Å². The first-order chi connectivity index (χ1) is 15.3. The maximum atomic E-state index is 13.9. The molecule has 3 N–H and O–H groups in total. The van der Waals surface area contributed by atoms with E-state index in [1.54, 1.807) is 16.7 Å². The number of nitrogens with one attached hydrogen (secondary N) is 2. The van der Waals surface area contributed by atoms with Gasteiger partial charge >= 0.3 is 0 Å². The molecule has 3 aliphatic rings. The van der Waals surface area contributed by atoms with Crippen LogP contribution in [0.4, 0.5) is 0 Å². The Morgan fingerprint density at radius 1 is 1.16 bits per heavy atom. The third kappa shape index (κ3) is 4.54. The molecule has 8 heteroatoms. The van der Waals surface area contributed by atoms with Crippen molar-refractivity contribution in [2.24, 2.45) is 17.8 Å². The molecule has 182 valence electrons. The van der Waals surface area contributed by atoms with E-state index in [9.17, 15) is 19.5 Å². The second kappa shape index (κ2) is 10.8. The number of likely N-dealkylation sites (tertiary alicyclic amines) is 1. The number of aliphatic hydroxyl groups excluding tert-OH is 1. The molecule has 3 rings (SSSR count). The summed E-state index contributed by atoms with van der Waals surface area (Å²) in [6.07, 6.45) is 6.11.